The van der Waals surface area contributed by atoms with Gasteiger partial charge in [-0.2, -0.15) is 0 Å². The lowest BCUT2D eigenvalue weighted by atomic mass is 9.95. The lowest BCUT2D eigenvalue weighted by molar-refractivity contribution is -0.396. The van der Waals surface area contributed by atoms with Crippen molar-refractivity contribution in [3.8, 4) is 0 Å². The molecule has 0 aliphatic carbocycles. The SMILES string of the molecule is OC[C@H]1O[C@H](OC[C@H]2O[C@@H](O[C@H]3[C@H](O)[C@H](O)[C@H](O[C@H]4[C@H](O)[C@H](O)C(O)O[C@@H]4CO)O[C@@H]3CO)[C@@H](O)[C@@H](O)[C@@H]2O[C@@H]2O[C@H](CO)[C@@H](O[C@@H]3O[C@H](CO)[C@@H](O)[C@H](O)[C@@H]3O)[C@H](O)[C@@H]2O)[C@H](O)[C@@H](O)[C@H]1O. The van der Waals surface area contributed by atoms with E-state index in [1.807, 2.05) is 0 Å². The average Bonchev–Trinajstić information content (AvgIpc) is 3.32. The van der Waals surface area contributed by atoms with Gasteiger partial charge in [-0.25, -0.2) is 0 Å². The van der Waals surface area contributed by atoms with Gasteiger partial charge in [-0.3, -0.25) is 0 Å². The van der Waals surface area contributed by atoms with Crippen LogP contribution in [0.1, 0.15) is 0 Å². The smallest absolute Gasteiger partial charge is 0.187 e. The third-order valence-corrected chi connectivity index (χ3v) is 12.4. The summed E-state index contributed by atoms with van der Waals surface area (Å²) >= 11 is 0. The molecule has 6 aliphatic heterocycles. The number of rotatable bonds is 16. The highest BCUT2D eigenvalue weighted by molar-refractivity contribution is 4.99. The zero-order valence-corrected chi connectivity index (χ0v) is 35.0. The Morgan fingerprint density at radius 2 is 0.522 bits per heavy atom. The molecule has 0 aromatic heterocycles. The third-order valence-electron chi connectivity index (χ3n) is 12.4. The zero-order chi connectivity index (χ0) is 49.3. The fraction of sp³-hybridized carbons (Fsp3) is 1.00. The summed E-state index contributed by atoms with van der Waals surface area (Å²) in [4.78, 5) is 0. The molecule has 6 rings (SSSR count). The normalized spacial score (nSPS) is 53.4. The number of aliphatic hydroxyl groups excluding tert-OH is 20. The molecule has 30 atom stereocenters. The molecule has 0 bridgehead atoms. The van der Waals surface area contributed by atoms with Crippen molar-refractivity contribution >= 4 is 0 Å². The van der Waals surface area contributed by atoms with E-state index in [1.165, 1.54) is 0 Å². The molecule has 31 nitrogen and oxygen atoms in total. The van der Waals surface area contributed by atoms with E-state index in [0.29, 0.717) is 0 Å². The minimum absolute atomic E-state index is 0.857. The fourth-order valence-electron chi connectivity index (χ4n) is 8.42. The molecule has 0 radical (unpaired) electrons. The molecule has 1 unspecified atom stereocenters. The Morgan fingerprint density at radius 1 is 0.254 bits per heavy atom. The van der Waals surface area contributed by atoms with Gasteiger partial charge >= 0.3 is 0 Å². The Labute approximate surface area is 378 Å². The van der Waals surface area contributed by atoms with Crippen molar-refractivity contribution in [1.29, 1.82) is 0 Å². The molecule has 20 N–H and O–H groups in total. The zero-order valence-electron chi connectivity index (χ0n) is 35.0. The molecular weight excluding hydrogens is 928 g/mol. The predicted octanol–water partition coefficient (Wildman–Crippen LogP) is -14.1. The Kier molecular flexibility index (Phi) is 19.4. The van der Waals surface area contributed by atoms with Crippen LogP contribution in [-0.4, -0.2) is 326 Å². The summed E-state index contributed by atoms with van der Waals surface area (Å²) in [5.41, 5.74) is 0. The van der Waals surface area contributed by atoms with Crippen LogP contribution in [0.2, 0.25) is 0 Å². The van der Waals surface area contributed by atoms with Crippen molar-refractivity contribution in [3.05, 3.63) is 0 Å². The van der Waals surface area contributed by atoms with Crippen LogP contribution < -0.4 is 0 Å². The monoisotopic (exact) mass is 990 g/mol. The average molecular weight is 991 g/mol. The van der Waals surface area contributed by atoms with E-state index in [9.17, 15) is 102 Å². The Balaban J connectivity index is 1.20. The summed E-state index contributed by atoms with van der Waals surface area (Å²) in [6, 6.07) is 0. The number of aliphatic hydroxyl groups is 20. The molecule has 0 amide bonds. The van der Waals surface area contributed by atoms with Crippen LogP contribution in [-0.2, 0) is 52.1 Å². The molecule has 31 heteroatoms. The number of hydrogen-bond acceptors (Lipinski definition) is 31. The molecule has 6 heterocycles. The van der Waals surface area contributed by atoms with Gasteiger partial charge in [0, 0.05) is 0 Å². The summed E-state index contributed by atoms with van der Waals surface area (Å²) in [5, 5.41) is 209. The van der Waals surface area contributed by atoms with Gasteiger partial charge in [-0.05, 0) is 0 Å². The van der Waals surface area contributed by atoms with Gasteiger partial charge < -0.3 is 154 Å². The van der Waals surface area contributed by atoms with Crippen LogP contribution in [0.5, 0.6) is 0 Å². The molecule has 6 aliphatic rings. The Bertz CT molecular complexity index is 1500. The van der Waals surface area contributed by atoms with Crippen LogP contribution in [0.4, 0.5) is 0 Å². The van der Waals surface area contributed by atoms with Crippen molar-refractivity contribution < 1.29 is 154 Å². The van der Waals surface area contributed by atoms with E-state index in [-0.39, 0.29) is 0 Å². The maximum absolute atomic E-state index is 11.6. The highest BCUT2D eigenvalue weighted by Gasteiger charge is 2.57. The second kappa shape index (κ2) is 23.5. The number of ether oxygens (including phenoxy) is 11. The maximum Gasteiger partial charge on any atom is 0.187 e. The van der Waals surface area contributed by atoms with Crippen LogP contribution in [0.15, 0.2) is 0 Å². The van der Waals surface area contributed by atoms with E-state index in [0.717, 1.165) is 0 Å². The quantitative estimate of drug-likeness (QED) is 0.0683. The summed E-state index contributed by atoms with van der Waals surface area (Å²) in [6.07, 6.45) is -57.4. The molecule has 6 fully saturated rings. The van der Waals surface area contributed by atoms with Gasteiger partial charge in [0.15, 0.2) is 37.7 Å². The second-order valence-electron chi connectivity index (χ2n) is 16.8. The van der Waals surface area contributed by atoms with Crippen molar-refractivity contribution in [1.82, 2.24) is 0 Å². The minimum atomic E-state index is -2.26. The molecule has 6 saturated heterocycles. The predicted molar refractivity (Wildman–Crippen MR) is 199 cm³/mol. The summed E-state index contributed by atoms with van der Waals surface area (Å²) in [6.45, 7) is -5.58. The Hall–Kier alpha value is -1.24. The summed E-state index contributed by atoms with van der Waals surface area (Å²) < 4.78 is 61.0. The van der Waals surface area contributed by atoms with Crippen LogP contribution in [0.25, 0.3) is 0 Å². The molecule has 0 aromatic carbocycles. The molecular formula is C36H62O31. The molecule has 0 saturated carbocycles. The van der Waals surface area contributed by atoms with Gasteiger partial charge in [-0.15, -0.1) is 0 Å². The van der Waals surface area contributed by atoms with Crippen molar-refractivity contribution in [3.63, 3.8) is 0 Å². The highest BCUT2D eigenvalue weighted by Crippen LogP contribution is 2.36. The van der Waals surface area contributed by atoms with Crippen LogP contribution in [0, 0.1) is 0 Å². The van der Waals surface area contributed by atoms with E-state index in [4.69, 9.17) is 52.1 Å². The second-order valence-corrected chi connectivity index (χ2v) is 16.8. The van der Waals surface area contributed by atoms with E-state index < -0.39 is 224 Å². The first-order chi connectivity index (χ1) is 31.7. The van der Waals surface area contributed by atoms with Gasteiger partial charge in [-0.1, -0.05) is 0 Å². The minimum Gasteiger partial charge on any atom is -0.394 e. The largest absolute Gasteiger partial charge is 0.394 e. The van der Waals surface area contributed by atoms with E-state index in [2.05, 4.69) is 0 Å². The standard InChI is InChI=1S/C36H62O31/c37-1-7-13(42)15(44)22(51)32(59-7)57-6-12-30(67-35-25(54)19(48)28(10(4-40)62-35)65-33-23(52)16(45)14(43)8(2-38)60-33)20(49)26(55)36(63-12)66-29-11(5-41)61-34(24(53)18(29)47)64-27-9(3-39)58-31(56)21(50)17(27)46/h7-56H,1-6H2/t7-,8-,9-,10-,11-,12-,13+,14-,15+,16+,17-,18-,19-,20-,21+,22-,23+,24+,25+,26+,27-,28-,29-,30-,31?,32+,33+,34+,35+,36+/m1/s1. The highest BCUT2D eigenvalue weighted by atomic mass is 16.8. The number of hydrogen-bond donors (Lipinski definition) is 20. The summed E-state index contributed by atoms with van der Waals surface area (Å²) in [5.74, 6) is 0. The lowest BCUT2D eigenvalue weighted by Gasteiger charge is -2.49. The Morgan fingerprint density at radius 3 is 0.896 bits per heavy atom. The molecule has 0 spiro atoms. The molecule has 392 valence electrons. The lowest BCUT2D eigenvalue weighted by Crippen LogP contribution is -2.68. The first-order valence-corrected chi connectivity index (χ1v) is 21.1. The first-order valence-electron chi connectivity index (χ1n) is 21.1. The van der Waals surface area contributed by atoms with Crippen molar-refractivity contribution in [2.45, 2.75) is 184 Å². The molecule has 67 heavy (non-hydrogen) atoms. The summed E-state index contributed by atoms with van der Waals surface area (Å²) in [7, 11) is 0. The van der Waals surface area contributed by atoms with Gasteiger partial charge in [0.05, 0.1) is 39.6 Å². The molecule has 0 aromatic rings. The van der Waals surface area contributed by atoms with Crippen LogP contribution in [0.3, 0.4) is 0 Å². The first kappa shape index (κ1) is 55.1. The van der Waals surface area contributed by atoms with Crippen molar-refractivity contribution in [2.75, 3.05) is 39.6 Å². The van der Waals surface area contributed by atoms with Gasteiger partial charge in [0.25, 0.3) is 0 Å². The fourth-order valence-corrected chi connectivity index (χ4v) is 8.42. The van der Waals surface area contributed by atoms with Crippen LogP contribution >= 0.6 is 0 Å². The van der Waals surface area contributed by atoms with Crippen molar-refractivity contribution in [2.24, 2.45) is 0 Å². The van der Waals surface area contributed by atoms with Gasteiger partial charge in [0.1, 0.15) is 146 Å². The topological polar surface area (TPSA) is 506 Å². The van der Waals surface area contributed by atoms with E-state index in [1.54, 1.807) is 0 Å². The maximum atomic E-state index is 11.6. The van der Waals surface area contributed by atoms with E-state index >= 15 is 0 Å². The van der Waals surface area contributed by atoms with Gasteiger partial charge in [0.2, 0.25) is 0 Å². The third kappa shape index (κ3) is 11.4.